The summed E-state index contributed by atoms with van der Waals surface area (Å²) in [4.78, 5) is 31.5. The second kappa shape index (κ2) is 11.5. The van der Waals surface area contributed by atoms with Gasteiger partial charge in [0.15, 0.2) is 0 Å². The molecule has 0 N–H and O–H groups in total. The lowest BCUT2D eigenvalue weighted by Gasteiger charge is -2.06. The molecular weight excluding hydrogens is 312 g/mol. The maximum Gasteiger partial charge on any atom is 0.543 e. The van der Waals surface area contributed by atoms with Crippen LogP contribution in [0.1, 0.15) is 74.7 Å². The fraction of sp³-hybridized carbons (Fsp3) is 0.556. The first-order valence-corrected chi connectivity index (χ1v) is 8.36. The lowest BCUT2D eigenvalue weighted by molar-refractivity contribution is -0.452. The van der Waals surface area contributed by atoms with Crippen molar-refractivity contribution in [1.29, 1.82) is 0 Å². The van der Waals surface area contributed by atoms with E-state index in [9.17, 15) is 9.59 Å². The first-order chi connectivity index (χ1) is 11.5. The molecule has 6 heteroatoms. The zero-order valence-electron chi connectivity index (χ0n) is 14.6. The first kappa shape index (κ1) is 20.0. The molecule has 134 valence electrons. The molecule has 0 bridgehead atoms. The molecule has 0 unspecified atom stereocenters. The van der Waals surface area contributed by atoms with Gasteiger partial charge in [0.25, 0.3) is 0 Å². The monoisotopic (exact) mass is 338 g/mol. The van der Waals surface area contributed by atoms with Gasteiger partial charge in [-0.05, 0) is 30.0 Å². The Labute approximate surface area is 142 Å². The average molecular weight is 338 g/mol. The van der Waals surface area contributed by atoms with Gasteiger partial charge in [0.1, 0.15) is 0 Å². The number of rotatable bonds is 10. The number of hydrogen-bond donors (Lipinski definition) is 0. The van der Waals surface area contributed by atoms with Crippen LogP contribution < -0.4 is 0 Å². The van der Waals surface area contributed by atoms with E-state index in [1.165, 1.54) is 6.42 Å². The van der Waals surface area contributed by atoms with E-state index in [0.717, 1.165) is 31.2 Å². The second-order valence-corrected chi connectivity index (χ2v) is 5.81. The van der Waals surface area contributed by atoms with Crippen molar-refractivity contribution in [3.8, 4) is 0 Å². The summed E-state index contributed by atoms with van der Waals surface area (Å²) < 4.78 is 4.77. The molecule has 0 radical (unpaired) electrons. The maximum atomic E-state index is 11.7. The Hall–Kier alpha value is -2.08. The summed E-state index contributed by atoms with van der Waals surface area (Å²) in [5.74, 6) is -0.385. The third-order valence-corrected chi connectivity index (χ3v) is 3.49. The Morgan fingerprint density at radius 3 is 2.25 bits per heavy atom. The van der Waals surface area contributed by atoms with Crippen LogP contribution in [0, 0.1) is 0 Å². The van der Waals surface area contributed by atoms with Crippen molar-refractivity contribution in [2.45, 2.75) is 58.8 Å². The van der Waals surface area contributed by atoms with E-state index in [1.807, 2.05) is 12.1 Å². The predicted octanol–water partition coefficient (Wildman–Crippen LogP) is 4.94. The highest BCUT2D eigenvalue weighted by Gasteiger charge is 2.12. The standard InChI is InChI=1S/C18H26O6/c1-4-5-6-7-8-13-21-18(20)23-24-22-17(19)16-11-9-15(10-12-16)14(2)3/h9-12,14H,4-8,13H2,1-3H3. The fourth-order valence-corrected chi connectivity index (χ4v) is 2.01. The maximum absolute atomic E-state index is 11.7. The van der Waals surface area contributed by atoms with Gasteiger partial charge in [-0.2, -0.15) is 0 Å². The zero-order chi connectivity index (χ0) is 17.8. The predicted molar refractivity (Wildman–Crippen MR) is 88.2 cm³/mol. The fourth-order valence-electron chi connectivity index (χ4n) is 2.01. The topological polar surface area (TPSA) is 71.1 Å². The molecule has 1 rings (SSSR count). The summed E-state index contributed by atoms with van der Waals surface area (Å²) in [6, 6.07) is 6.90. The summed E-state index contributed by atoms with van der Waals surface area (Å²) in [6.45, 7) is 6.49. The molecule has 0 amide bonds. The van der Waals surface area contributed by atoms with Gasteiger partial charge in [-0.1, -0.05) is 58.6 Å². The molecule has 6 nitrogen and oxygen atoms in total. The van der Waals surface area contributed by atoms with Crippen LogP contribution in [0.3, 0.4) is 0 Å². The van der Waals surface area contributed by atoms with Crippen LogP contribution in [0.15, 0.2) is 24.3 Å². The van der Waals surface area contributed by atoms with Gasteiger partial charge >= 0.3 is 12.1 Å². The Morgan fingerprint density at radius 2 is 1.62 bits per heavy atom. The lowest BCUT2D eigenvalue weighted by Crippen LogP contribution is -2.12. The first-order valence-electron chi connectivity index (χ1n) is 8.36. The number of unbranched alkanes of at least 4 members (excludes halogenated alkanes) is 4. The van der Waals surface area contributed by atoms with E-state index in [1.54, 1.807) is 12.1 Å². The average Bonchev–Trinajstić information content (AvgIpc) is 2.58. The number of ether oxygens (including phenoxy) is 1. The van der Waals surface area contributed by atoms with E-state index >= 15 is 0 Å². The molecule has 0 aliphatic carbocycles. The zero-order valence-corrected chi connectivity index (χ0v) is 14.6. The van der Waals surface area contributed by atoms with Gasteiger partial charge in [0, 0.05) is 0 Å². The highest BCUT2D eigenvalue weighted by Crippen LogP contribution is 2.15. The molecule has 0 heterocycles. The molecule has 1 aromatic rings. The summed E-state index contributed by atoms with van der Waals surface area (Å²) in [5.41, 5.74) is 1.40. The van der Waals surface area contributed by atoms with Gasteiger partial charge in [-0.15, -0.1) is 0 Å². The SMILES string of the molecule is CCCCCCCOC(=O)OOOC(=O)c1ccc(C(C)C)cc1. The van der Waals surface area contributed by atoms with Gasteiger partial charge in [-0.3, -0.25) is 4.89 Å². The molecule has 0 fully saturated rings. The third-order valence-electron chi connectivity index (χ3n) is 3.49. The lowest BCUT2D eigenvalue weighted by atomic mass is 10.0. The third kappa shape index (κ3) is 7.97. The van der Waals surface area contributed by atoms with E-state index < -0.39 is 12.1 Å². The summed E-state index contributed by atoms with van der Waals surface area (Å²) in [7, 11) is 0. The molecule has 0 aromatic heterocycles. The van der Waals surface area contributed by atoms with Crippen LogP contribution in [0.5, 0.6) is 0 Å². The Bertz CT molecular complexity index is 495. The molecule has 0 saturated heterocycles. The van der Waals surface area contributed by atoms with Gasteiger partial charge in [-0.25, -0.2) is 14.5 Å². The minimum absolute atomic E-state index is 0.247. The smallest absolute Gasteiger partial charge is 0.432 e. The van der Waals surface area contributed by atoms with Crippen molar-refractivity contribution in [3.63, 3.8) is 0 Å². The van der Waals surface area contributed by atoms with Crippen molar-refractivity contribution >= 4 is 12.1 Å². The van der Waals surface area contributed by atoms with Gasteiger partial charge in [0.2, 0.25) is 0 Å². The second-order valence-electron chi connectivity index (χ2n) is 5.81. The molecule has 1 aromatic carbocycles. The summed E-state index contributed by atoms with van der Waals surface area (Å²) >= 11 is 0. The molecule has 0 aliphatic rings. The highest BCUT2D eigenvalue weighted by molar-refractivity contribution is 5.88. The van der Waals surface area contributed by atoms with E-state index in [2.05, 4.69) is 35.6 Å². The summed E-state index contributed by atoms with van der Waals surface area (Å²) in [5, 5.41) is 4.16. The minimum atomic E-state index is -1.03. The van der Waals surface area contributed by atoms with Crippen molar-refractivity contribution in [3.05, 3.63) is 35.4 Å². The van der Waals surface area contributed by atoms with Crippen LogP contribution in [-0.4, -0.2) is 18.7 Å². The normalized spacial score (nSPS) is 10.5. The molecule has 0 atom stereocenters. The number of hydrogen-bond acceptors (Lipinski definition) is 6. The van der Waals surface area contributed by atoms with Crippen LogP contribution in [0.2, 0.25) is 0 Å². The largest absolute Gasteiger partial charge is 0.543 e. The van der Waals surface area contributed by atoms with Crippen LogP contribution in [0.25, 0.3) is 0 Å². The van der Waals surface area contributed by atoms with Crippen LogP contribution in [-0.2, 0) is 19.6 Å². The molecule has 24 heavy (non-hydrogen) atoms. The minimum Gasteiger partial charge on any atom is -0.432 e. The van der Waals surface area contributed by atoms with E-state index in [0.29, 0.717) is 11.5 Å². The van der Waals surface area contributed by atoms with Gasteiger partial charge in [0.05, 0.1) is 17.2 Å². The molecule has 0 aliphatic heterocycles. The van der Waals surface area contributed by atoms with Crippen molar-refractivity contribution in [1.82, 2.24) is 0 Å². The number of benzene rings is 1. The van der Waals surface area contributed by atoms with Gasteiger partial charge < -0.3 is 4.74 Å². The number of carbonyl (C=O) groups excluding carboxylic acids is 2. The Balaban J connectivity index is 2.17. The van der Waals surface area contributed by atoms with E-state index in [4.69, 9.17) is 4.74 Å². The van der Waals surface area contributed by atoms with Crippen molar-refractivity contribution in [2.24, 2.45) is 0 Å². The molecule has 0 spiro atoms. The Kier molecular flexibility index (Phi) is 9.53. The van der Waals surface area contributed by atoms with Crippen molar-refractivity contribution in [2.75, 3.05) is 6.61 Å². The quantitative estimate of drug-likeness (QED) is 0.260. The molecule has 0 saturated carbocycles. The Morgan fingerprint density at radius 1 is 0.958 bits per heavy atom. The van der Waals surface area contributed by atoms with Crippen LogP contribution >= 0.6 is 0 Å². The van der Waals surface area contributed by atoms with Crippen molar-refractivity contribution < 1.29 is 29.1 Å². The molecular formula is C18H26O6. The summed E-state index contributed by atoms with van der Waals surface area (Å²) in [6.07, 6.45) is 4.15. The number of carbonyl (C=O) groups is 2. The highest BCUT2D eigenvalue weighted by atomic mass is 17.5. The van der Waals surface area contributed by atoms with Crippen LogP contribution in [0.4, 0.5) is 4.79 Å². The van der Waals surface area contributed by atoms with E-state index in [-0.39, 0.29) is 6.61 Å².